The van der Waals surface area contributed by atoms with Gasteiger partial charge in [0.05, 0.1) is 11.3 Å². The molecule has 15 heavy (non-hydrogen) atoms. The molecule has 2 heterocycles. The van der Waals surface area contributed by atoms with Crippen molar-refractivity contribution >= 4 is 17.4 Å². The third-order valence-corrected chi connectivity index (χ3v) is 3.49. The van der Waals surface area contributed by atoms with Gasteiger partial charge in [-0.2, -0.15) is 4.37 Å². The highest BCUT2D eigenvalue weighted by Gasteiger charge is 2.22. The van der Waals surface area contributed by atoms with Gasteiger partial charge in [0.15, 0.2) is 0 Å². The molecule has 5 heteroatoms. The minimum atomic E-state index is 0.134. The monoisotopic (exact) mass is 225 g/mol. The quantitative estimate of drug-likeness (QED) is 0.710. The van der Waals surface area contributed by atoms with E-state index in [1.807, 2.05) is 17.2 Å². The number of amides is 1. The van der Waals surface area contributed by atoms with Gasteiger partial charge in [0, 0.05) is 31.6 Å². The summed E-state index contributed by atoms with van der Waals surface area (Å²) in [6.45, 7) is 5.46. The minimum Gasteiger partial charge on any atom is -0.336 e. The molecule has 82 valence electrons. The summed E-state index contributed by atoms with van der Waals surface area (Å²) in [4.78, 5) is 16.2. The molecule has 1 aliphatic rings. The van der Waals surface area contributed by atoms with Gasteiger partial charge in [-0.15, -0.1) is 0 Å². The first kappa shape index (κ1) is 10.6. The third kappa shape index (κ3) is 2.18. The second-order valence-corrected chi connectivity index (χ2v) is 4.54. The molecular weight excluding hydrogens is 210 g/mol. The number of likely N-dealkylation sites (N-methyl/N-ethyl adjacent to an activating group) is 1. The molecule has 2 rings (SSSR count). The van der Waals surface area contributed by atoms with Crippen molar-refractivity contribution in [2.24, 2.45) is 0 Å². The standard InChI is InChI=1S/C10H15N3OS/c1-8-9(7-15-11-8)10(14)13-5-3-12(2)4-6-13/h7H,3-6H2,1-2H3. The van der Waals surface area contributed by atoms with Crippen LogP contribution in [0.5, 0.6) is 0 Å². The number of aryl methyl sites for hydroxylation is 1. The first-order valence-corrected chi connectivity index (χ1v) is 5.91. The summed E-state index contributed by atoms with van der Waals surface area (Å²) in [6.07, 6.45) is 0. The molecular formula is C10H15N3OS. The summed E-state index contributed by atoms with van der Waals surface area (Å²) in [7, 11) is 2.08. The fourth-order valence-corrected chi connectivity index (χ4v) is 2.36. The van der Waals surface area contributed by atoms with Crippen LogP contribution < -0.4 is 0 Å². The van der Waals surface area contributed by atoms with Crippen LogP contribution in [0.2, 0.25) is 0 Å². The molecule has 1 fully saturated rings. The predicted octanol–water partition coefficient (Wildman–Crippen LogP) is 0.839. The van der Waals surface area contributed by atoms with Crippen LogP contribution >= 0.6 is 11.5 Å². The van der Waals surface area contributed by atoms with Crippen molar-refractivity contribution in [1.29, 1.82) is 0 Å². The van der Waals surface area contributed by atoms with E-state index in [1.165, 1.54) is 11.5 Å². The molecule has 0 N–H and O–H groups in total. The lowest BCUT2D eigenvalue weighted by molar-refractivity contribution is 0.0663. The molecule has 1 amide bonds. The third-order valence-electron chi connectivity index (χ3n) is 2.77. The normalized spacial score (nSPS) is 18.1. The van der Waals surface area contributed by atoms with Gasteiger partial charge in [0.25, 0.3) is 5.91 Å². The summed E-state index contributed by atoms with van der Waals surface area (Å²) in [5.74, 6) is 0.134. The fraction of sp³-hybridized carbons (Fsp3) is 0.600. The van der Waals surface area contributed by atoms with Crippen molar-refractivity contribution in [2.45, 2.75) is 6.92 Å². The summed E-state index contributed by atoms with van der Waals surface area (Å²) in [6, 6.07) is 0. The molecule has 0 spiro atoms. The van der Waals surface area contributed by atoms with Crippen LogP contribution in [0, 0.1) is 6.92 Å². The van der Waals surface area contributed by atoms with Gasteiger partial charge in [-0.3, -0.25) is 4.79 Å². The van der Waals surface area contributed by atoms with E-state index >= 15 is 0 Å². The number of carbonyl (C=O) groups excluding carboxylic acids is 1. The summed E-state index contributed by atoms with van der Waals surface area (Å²) < 4.78 is 4.13. The molecule has 0 saturated carbocycles. The molecule has 0 atom stereocenters. The van der Waals surface area contributed by atoms with E-state index in [0.717, 1.165) is 37.4 Å². The number of rotatable bonds is 1. The van der Waals surface area contributed by atoms with Gasteiger partial charge in [-0.25, -0.2) is 0 Å². The smallest absolute Gasteiger partial charge is 0.256 e. The largest absolute Gasteiger partial charge is 0.336 e. The van der Waals surface area contributed by atoms with Crippen LogP contribution in [0.25, 0.3) is 0 Å². The number of aromatic nitrogens is 1. The Labute approximate surface area is 93.7 Å². The van der Waals surface area contributed by atoms with Gasteiger partial charge in [0.2, 0.25) is 0 Å². The number of carbonyl (C=O) groups is 1. The SMILES string of the molecule is Cc1nscc1C(=O)N1CCN(C)CC1. The van der Waals surface area contributed by atoms with Crippen LogP contribution in [0.3, 0.4) is 0 Å². The summed E-state index contributed by atoms with van der Waals surface area (Å²) in [5.41, 5.74) is 1.62. The van der Waals surface area contributed by atoms with E-state index in [-0.39, 0.29) is 5.91 Å². The van der Waals surface area contributed by atoms with Gasteiger partial charge in [-0.05, 0) is 25.5 Å². The molecule has 0 bridgehead atoms. The van der Waals surface area contributed by atoms with Gasteiger partial charge >= 0.3 is 0 Å². The van der Waals surface area contributed by atoms with E-state index in [9.17, 15) is 4.79 Å². The fourth-order valence-electron chi connectivity index (χ4n) is 1.68. The number of piperazine rings is 1. The highest BCUT2D eigenvalue weighted by Crippen LogP contribution is 2.13. The van der Waals surface area contributed by atoms with Crippen molar-refractivity contribution in [3.8, 4) is 0 Å². The summed E-state index contributed by atoms with van der Waals surface area (Å²) in [5, 5.41) is 1.84. The molecule has 1 aromatic rings. The maximum absolute atomic E-state index is 12.1. The maximum atomic E-state index is 12.1. The molecule has 0 radical (unpaired) electrons. The molecule has 1 aromatic heterocycles. The van der Waals surface area contributed by atoms with Crippen molar-refractivity contribution in [3.63, 3.8) is 0 Å². The van der Waals surface area contributed by atoms with E-state index in [2.05, 4.69) is 16.3 Å². The molecule has 1 aliphatic heterocycles. The van der Waals surface area contributed by atoms with Crippen molar-refractivity contribution < 1.29 is 4.79 Å². The first-order valence-electron chi connectivity index (χ1n) is 5.07. The zero-order valence-electron chi connectivity index (χ0n) is 9.06. The lowest BCUT2D eigenvalue weighted by atomic mass is 10.2. The Morgan fingerprint density at radius 2 is 2.07 bits per heavy atom. The Morgan fingerprint density at radius 3 is 2.60 bits per heavy atom. The Hall–Kier alpha value is -0.940. The second kappa shape index (κ2) is 4.28. The zero-order valence-corrected chi connectivity index (χ0v) is 9.88. The zero-order chi connectivity index (χ0) is 10.8. The van der Waals surface area contributed by atoms with Crippen LogP contribution in [0.4, 0.5) is 0 Å². The average Bonchev–Trinajstić information content (AvgIpc) is 2.65. The van der Waals surface area contributed by atoms with Crippen LogP contribution in [-0.2, 0) is 0 Å². The molecule has 1 saturated heterocycles. The van der Waals surface area contributed by atoms with Crippen LogP contribution in [-0.4, -0.2) is 53.3 Å². The minimum absolute atomic E-state index is 0.134. The van der Waals surface area contributed by atoms with Gasteiger partial charge in [-0.1, -0.05) is 0 Å². The lowest BCUT2D eigenvalue weighted by Gasteiger charge is -2.32. The number of hydrogen-bond acceptors (Lipinski definition) is 4. The number of nitrogens with zero attached hydrogens (tertiary/aromatic N) is 3. The molecule has 0 aliphatic carbocycles. The predicted molar refractivity (Wildman–Crippen MR) is 60.3 cm³/mol. The first-order chi connectivity index (χ1) is 7.18. The Bertz CT molecular complexity index is 355. The van der Waals surface area contributed by atoms with Crippen molar-refractivity contribution in [2.75, 3.05) is 33.2 Å². The van der Waals surface area contributed by atoms with E-state index in [4.69, 9.17) is 0 Å². The lowest BCUT2D eigenvalue weighted by Crippen LogP contribution is -2.47. The average molecular weight is 225 g/mol. The molecule has 4 nitrogen and oxygen atoms in total. The topological polar surface area (TPSA) is 36.4 Å². The Kier molecular flexibility index (Phi) is 3.02. The van der Waals surface area contributed by atoms with Crippen LogP contribution in [0.1, 0.15) is 16.1 Å². The van der Waals surface area contributed by atoms with Gasteiger partial charge < -0.3 is 9.80 Å². The maximum Gasteiger partial charge on any atom is 0.256 e. The highest BCUT2D eigenvalue weighted by molar-refractivity contribution is 7.03. The Morgan fingerprint density at radius 1 is 1.40 bits per heavy atom. The van der Waals surface area contributed by atoms with Gasteiger partial charge in [0.1, 0.15) is 0 Å². The molecule has 0 aromatic carbocycles. The van der Waals surface area contributed by atoms with Crippen molar-refractivity contribution in [1.82, 2.24) is 14.2 Å². The summed E-state index contributed by atoms with van der Waals surface area (Å²) >= 11 is 1.35. The number of hydrogen-bond donors (Lipinski definition) is 0. The second-order valence-electron chi connectivity index (χ2n) is 3.91. The Balaban J connectivity index is 2.06. The van der Waals surface area contributed by atoms with E-state index in [0.29, 0.717) is 0 Å². The van der Waals surface area contributed by atoms with E-state index < -0.39 is 0 Å². The molecule has 0 unspecified atom stereocenters. The highest BCUT2D eigenvalue weighted by atomic mass is 32.1. The van der Waals surface area contributed by atoms with Crippen molar-refractivity contribution in [3.05, 3.63) is 16.6 Å². The van der Waals surface area contributed by atoms with Crippen LogP contribution in [0.15, 0.2) is 5.38 Å². The van der Waals surface area contributed by atoms with E-state index in [1.54, 1.807) is 0 Å².